The van der Waals surface area contributed by atoms with Gasteiger partial charge in [0.1, 0.15) is 5.70 Å². The second-order valence-corrected chi connectivity index (χ2v) is 11.4. The van der Waals surface area contributed by atoms with Crippen molar-refractivity contribution in [3.63, 3.8) is 0 Å². The fourth-order valence-corrected chi connectivity index (χ4v) is 5.14. The van der Waals surface area contributed by atoms with Crippen LogP contribution in [0.15, 0.2) is 102 Å². The van der Waals surface area contributed by atoms with E-state index in [0.29, 0.717) is 44.8 Å². The minimum atomic E-state index is -0.552. The molecule has 0 aliphatic carbocycles. The van der Waals surface area contributed by atoms with E-state index >= 15 is 0 Å². The standard InChI is InChI=1S/C34H32ClN3O6S/c1-21(32(39)36-25-12-10-24(35)11-13-25)45-27-16-14-26(15-17-27)37-34(41)28(38-33(40)23-8-6-5-7-9-23)18-22-19-29(42-2)31(44-4)30(20-22)43-3/h5-21H,1-4H3,(H,36,39)(H,37,41)(H,38,40)/b28-18-. The first-order valence-electron chi connectivity index (χ1n) is 13.7. The molecule has 0 spiro atoms. The molecule has 45 heavy (non-hydrogen) atoms. The van der Waals surface area contributed by atoms with Crippen LogP contribution in [0, 0.1) is 0 Å². The maximum Gasteiger partial charge on any atom is 0.272 e. The summed E-state index contributed by atoms with van der Waals surface area (Å²) in [5.41, 5.74) is 2.05. The van der Waals surface area contributed by atoms with Crippen molar-refractivity contribution in [2.45, 2.75) is 17.1 Å². The van der Waals surface area contributed by atoms with E-state index < -0.39 is 11.8 Å². The zero-order valence-corrected chi connectivity index (χ0v) is 26.6. The highest BCUT2D eigenvalue weighted by Crippen LogP contribution is 2.38. The van der Waals surface area contributed by atoms with Gasteiger partial charge in [-0.1, -0.05) is 29.8 Å². The van der Waals surface area contributed by atoms with Crippen LogP contribution in [-0.2, 0) is 9.59 Å². The third-order valence-electron chi connectivity index (χ3n) is 6.43. The molecule has 3 amide bonds. The van der Waals surface area contributed by atoms with Gasteiger partial charge in [-0.15, -0.1) is 11.8 Å². The van der Waals surface area contributed by atoms with E-state index in [0.717, 1.165) is 4.90 Å². The smallest absolute Gasteiger partial charge is 0.272 e. The van der Waals surface area contributed by atoms with Crippen molar-refractivity contribution in [2.24, 2.45) is 0 Å². The Morgan fingerprint density at radius 3 is 1.93 bits per heavy atom. The molecule has 4 rings (SSSR count). The Balaban J connectivity index is 1.51. The average Bonchev–Trinajstić information content (AvgIpc) is 3.06. The Bertz CT molecular complexity index is 1650. The fourth-order valence-electron chi connectivity index (χ4n) is 4.14. The highest BCUT2D eigenvalue weighted by molar-refractivity contribution is 8.00. The molecule has 1 unspecified atom stereocenters. The van der Waals surface area contributed by atoms with E-state index in [1.54, 1.807) is 97.9 Å². The largest absolute Gasteiger partial charge is 0.493 e. The predicted octanol–water partition coefficient (Wildman–Crippen LogP) is 6.89. The topological polar surface area (TPSA) is 115 Å². The number of carbonyl (C=O) groups is 3. The maximum absolute atomic E-state index is 13.5. The number of methoxy groups -OCH3 is 3. The third-order valence-corrected chi connectivity index (χ3v) is 7.80. The molecule has 11 heteroatoms. The van der Waals surface area contributed by atoms with Crippen molar-refractivity contribution in [1.29, 1.82) is 0 Å². The molecule has 0 aliphatic rings. The molecule has 0 fully saturated rings. The molecule has 4 aromatic carbocycles. The molecule has 0 saturated heterocycles. The van der Waals surface area contributed by atoms with Crippen molar-refractivity contribution in [3.05, 3.63) is 113 Å². The number of nitrogens with one attached hydrogen (secondary N) is 3. The molecule has 9 nitrogen and oxygen atoms in total. The van der Waals surface area contributed by atoms with Crippen LogP contribution in [0.1, 0.15) is 22.8 Å². The monoisotopic (exact) mass is 645 g/mol. The van der Waals surface area contributed by atoms with Crippen LogP contribution >= 0.6 is 23.4 Å². The van der Waals surface area contributed by atoms with Crippen molar-refractivity contribution in [2.75, 3.05) is 32.0 Å². The number of anilines is 2. The van der Waals surface area contributed by atoms with Crippen molar-refractivity contribution >= 4 is 58.5 Å². The summed E-state index contributed by atoms with van der Waals surface area (Å²) in [5, 5.41) is 8.62. The van der Waals surface area contributed by atoms with Gasteiger partial charge < -0.3 is 30.2 Å². The van der Waals surface area contributed by atoms with Crippen LogP contribution in [0.25, 0.3) is 6.08 Å². The zero-order valence-electron chi connectivity index (χ0n) is 25.1. The van der Waals surface area contributed by atoms with Gasteiger partial charge in [-0.05, 0) is 91.4 Å². The highest BCUT2D eigenvalue weighted by atomic mass is 35.5. The summed E-state index contributed by atoms with van der Waals surface area (Å²) in [5.74, 6) is 0.00987. The molecule has 0 bridgehead atoms. The van der Waals surface area contributed by atoms with E-state index in [2.05, 4.69) is 16.0 Å². The normalized spacial score (nSPS) is 11.6. The summed E-state index contributed by atoms with van der Waals surface area (Å²) in [6.45, 7) is 1.81. The Labute approximate surface area is 270 Å². The fraction of sp³-hybridized carbons (Fsp3) is 0.147. The summed E-state index contributed by atoms with van der Waals surface area (Å²) in [4.78, 5) is 40.0. The van der Waals surface area contributed by atoms with Crippen LogP contribution in [0.2, 0.25) is 5.02 Å². The second-order valence-electron chi connectivity index (χ2n) is 9.57. The van der Waals surface area contributed by atoms with E-state index in [9.17, 15) is 14.4 Å². The van der Waals surface area contributed by atoms with Gasteiger partial charge in [0, 0.05) is 26.9 Å². The molecule has 3 N–H and O–H groups in total. The SMILES string of the molecule is COc1cc(/C=C(\NC(=O)c2ccccc2)C(=O)Nc2ccc(SC(C)C(=O)Nc3ccc(Cl)cc3)cc2)cc(OC)c1OC. The molecule has 1 atom stereocenters. The van der Waals surface area contributed by atoms with Gasteiger partial charge >= 0.3 is 0 Å². The van der Waals surface area contributed by atoms with E-state index in [-0.39, 0.29) is 16.9 Å². The van der Waals surface area contributed by atoms with Gasteiger partial charge in [0.05, 0.1) is 26.6 Å². The zero-order chi connectivity index (χ0) is 32.3. The van der Waals surface area contributed by atoms with Gasteiger partial charge in [0.15, 0.2) is 11.5 Å². The van der Waals surface area contributed by atoms with Gasteiger partial charge in [-0.2, -0.15) is 0 Å². The molecular formula is C34H32ClN3O6S. The number of carbonyl (C=O) groups excluding carboxylic acids is 3. The van der Waals surface area contributed by atoms with Gasteiger partial charge in [-0.3, -0.25) is 14.4 Å². The lowest BCUT2D eigenvalue weighted by Gasteiger charge is -2.15. The Morgan fingerprint density at radius 2 is 1.36 bits per heavy atom. The Morgan fingerprint density at radius 1 is 0.778 bits per heavy atom. The van der Waals surface area contributed by atoms with Gasteiger partial charge in [-0.25, -0.2) is 0 Å². The summed E-state index contributed by atoms with van der Waals surface area (Å²) in [6.07, 6.45) is 1.52. The molecule has 0 heterocycles. The number of halogens is 1. The molecule has 4 aromatic rings. The molecule has 0 aliphatic heterocycles. The number of hydrogen-bond acceptors (Lipinski definition) is 7. The highest BCUT2D eigenvalue weighted by Gasteiger charge is 2.19. The lowest BCUT2D eigenvalue weighted by Crippen LogP contribution is -2.30. The lowest BCUT2D eigenvalue weighted by molar-refractivity contribution is -0.115. The number of thioether (sulfide) groups is 1. The lowest BCUT2D eigenvalue weighted by atomic mass is 10.1. The average molecular weight is 646 g/mol. The number of benzene rings is 4. The minimum Gasteiger partial charge on any atom is -0.493 e. The quantitative estimate of drug-likeness (QED) is 0.113. The Hall–Kier alpha value is -4.93. The first-order chi connectivity index (χ1) is 21.7. The maximum atomic E-state index is 13.5. The number of amides is 3. The minimum absolute atomic E-state index is 0.0101. The van der Waals surface area contributed by atoms with Crippen molar-refractivity contribution in [3.8, 4) is 17.2 Å². The van der Waals surface area contributed by atoms with E-state index in [1.165, 1.54) is 39.2 Å². The first-order valence-corrected chi connectivity index (χ1v) is 15.0. The number of rotatable bonds is 12. The van der Waals surface area contributed by atoms with E-state index in [4.69, 9.17) is 25.8 Å². The summed E-state index contributed by atoms with van der Waals surface area (Å²) >= 11 is 7.29. The number of hydrogen-bond donors (Lipinski definition) is 3. The summed E-state index contributed by atoms with van der Waals surface area (Å²) in [7, 11) is 4.48. The van der Waals surface area contributed by atoms with Crippen molar-refractivity contribution in [1.82, 2.24) is 5.32 Å². The van der Waals surface area contributed by atoms with Gasteiger partial charge in [0.25, 0.3) is 11.8 Å². The number of ether oxygens (including phenoxy) is 3. The summed E-state index contributed by atoms with van der Waals surface area (Å²) < 4.78 is 16.3. The third kappa shape index (κ3) is 9.04. The summed E-state index contributed by atoms with van der Waals surface area (Å²) in [6, 6.07) is 25.8. The first kappa shape index (κ1) is 33.0. The molecule has 232 valence electrons. The molecule has 0 radical (unpaired) electrons. The Kier molecular flexibility index (Phi) is 11.5. The van der Waals surface area contributed by atoms with Crippen LogP contribution in [0.5, 0.6) is 17.2 Å². The molecular weight excluding hydrogens is 614 g/mol. The van der Waals surface area contributed by atoms with Crippen LogP contribution in [-0.4, -0.2) is 44.3 Å². The predicted molar refractivity (Wildman–Crippen MR) is 178 cm³/mol. The van der Waals surface area contributed by atoms with Crippen LogP contribution in [0.4, 0.5) is 11.4 Å². The van der Waals surface area contributed by atoms with E-state index in [1.807, 2.05) is 0 Å². The molecule has 0 aromatic heterocycles. The van der Waals surface area contributed by atoms with Crippen LogP contribution < -0.4 is 30.2 Å². The van der Waals surface area contributed by atoms with Gasteiger partial charge in [0.2, 0.25) is 11.7 Å². The molecule has 0 saturated carbocycles. The van der Waals surface area contributed by atoms with Crippen LogP contribution in [0.3, 0.4) is 0 Å². The second kappa shape index (κ2) is 15.7. The van der Waals surface area contributed by atoms with Crippen molar-refractivity contribution < 1.29 is 28.6 Å².